The summed E-state index contributed by atoms with van der Waals surface area (Å²) in [6.07, 6.45) is 10.8. The normalized spacial score (nSPS) is 31.4. The molecule has 1 aliphatic carbocycles. The lowest BCUT2D eigenvalue weighted by Crippen LogP contribution is -2.56. The van der Waals surface area contributed by atoms with Crippen LogP contribution in [0.2, 0.25) is 0 Å². The summed E-state index contributed by atoms with van der Waals surface area (Å²) in [4.78, 5) is 5.53. The molecule has 0 bridgehead atoms. The van der Waals surface area contributed by atoms with E-state index in [1.54, 1.807) is 0 Å². The van der Waals surface area contributed by atoms with E-state index in [1.165, 1.54) is 71.2 Å². The van der Waals surface area contributed by atoms with Crippen molar-refractivity contribution < 1.29 is 0 Å². The topological polar surface area (TPSA) is 6.48 Å². The molecule has 0 N–H and O–H groups in total. The lowest BCUT2D eigenvalue weighted by Gasteiger charge is -2.48. The second-order valence-electron chi connectivity index (χ2n) is 9.10. The van der Waals surface area contributed by atoms with Crippen LogP contribution in [-0.2, 0) is 0 Å². The fourth-order valence-electron chi connectivity index (χ4n) is 4.79. The molecule has 2 nitrogen and oxygen atoms in total. The molecular weight excluding hydrogens is 280 g/mol. The SMILES string of the molecule is C[CH]CN1CCN(CCCC)C(C2CCC(C(C)(C)C)CC2)C1. The van der Waals surface area contributed by atoms with Crippen molar-refractivity contribution in [3.8, 4) is 0 Å². The smallest absolute Gasteiger partial charge is 0.0251 e. The molecular formula is C21H41N2. The van der Waals surface area contributed by atoms with Crippen molar-refractivity contribution in [1.82, 2.24) is 9.80 Å². The van der Waals surface area contributed by atoms with Crippen LogP contribution in [-0.4, -0.2) is 48.6 Å². The van der Waals surface area contributed by atoms with Gasteiger partial charge in [0.25, 0.3) is 0 Å². The summed E-state index contributed by atoms with van der Waals surface area (Å²) in [5.74, 6) is 1.87. The van der Waals surface area contributed by atoms with Crippen molar-refractivity contribution >= 4 is 0 Å². The molecule has 2 fully saturated rings. The highest BCUT2D eigenvalue weighted by atomic mass is 15.3. The van der Waals surface area contributed by atoms with Crippen molar-refractivity contribution in [1.29, 1.82) is 0 Å². The molecule has 1 aliphatic heterocycles. The van der Waals surface area contributed by atoms with Gasteiger partial charge in [-0.2, -0.15) is 0 Å². The van der Waals surface area contributed by atoms with E-state index in [4.69, 9.17) is 0 Å². The molecule has 1 saturated carbocycles. The van der Waals surface area contributed by atoms with E-state index < -0.39 is 0 Å². The predicted molar refractivity (Wildman–Crippen MR) is 102 cm³/mol. The number of piperazine rings is 1. The maximum atomic E-state index is 2.84. The Morgan fingerprint density at radius 2 is 1.74 bits per heavy atom. The number of hydrogen-bond donors (Lipinski definition) is 0. The van der Waals surface area contributed by atoms with Gasteiger partial charge in [-0.05, 0) is 62.3 Å². The highest BCUT2D eigenvalue weighted by Gasteiger charge is 2.37. The van der Waals surface area contributed by atoms with Crippen LogP contribution in [0.5, 0.6) is 0 Å². The fraction of sp³-hybridized carbons (Fsp3) is 0.952. The van der Waals surface area contributed by atoms with Crippen molar-refractivity contribution in [3.05, 3.63) is 6.42 Å². The second-order valence-corrected chi connectivity index (χ2v) is 9.10. The van der Waals surface area contributed by atoms with Crippen LogP contribution in [0.15, 0.2) is 0 Å². The molecule has 1 atom stereocenters. The summed E-state index contributed by atoms with van der Waals surface area (Å²) in [5.41, 5.74) is 0.503. The van der Waals surface area contributed by atoms with E-state index in [0.717, 1.165) is 17.9 Å². The first-order chi connectivity index (χ1) is 11.0. The van der Waals surface area contributed by atoms with Gasteiger partial charge >= 0.3 is 0 Å². The van der Waals surface area contributed by atoms with Crippen molar-refractivity contribution in [2.75, 3.05) is 32.7 Å². The summed E-state index contributed by atoms with van der Waals surface area (Å²) in [6.45, 7) is 18.2. The Hall–Kier alpha value is -0.0800. The second kappa shape index (κ2) is 8.85. The van der Waals surface area contributed by atoms with Gasteiger partial charge in [0.1, 0.15) is 0 Å². The minimum absolute atomic E-state index is 0.503. The summed E-state index contributed by atoms with van der Waals surface area (Å²) in [5, 5.41) is 0. The average Bonchev–Trinajstić information content (AvgIpc) is 2.53. The van der Waals surface area contributed by atoms with E-state index in [9.17, 15) is 0 Å². The molecule has 2 rings (SSSR count). The Labute approximate surface area is 146 Å². The maximum absolute atomic E-state index is 2.84. The van der Waals surface area contributed by atoms with E-state index in [1.807, 2.05) is 0 Å². The zero-order valence-corrected chi connectivity index (χ0v) is 16.5. The van der Waals surface area contributed by atoms with Gasteiger partial charge in [-0.25, -0.2) is 0 Å². The Bertz CT molecular complexity index is 325. The molecule has 0 amide bonds. The first kappa shape index (κ1) is 19.2. The molecule has 1 saturated heterocycles. The molecule has 0 aromatic carbocycles. The third-order valence-electron chi connectivity index (χ3n) is 6.40. The molecule has 2 heteroatoms. The molecule has 1 unspecified atom stereocenters. The fourth-order valence-corrected chi connectivity index (χ4v) is 4.79. The first-order valence-corrected chi connectivity index (χ1v) is 10.2. The predicted octanol–water partition coefficient (Wildman–Crippen LogP) is 4.85. The molecule has 1 radical (unpaired) electrons. The van der Waals surface area contributed by atoms with Crippen LogP contribution in [0.25, 0.3) is 0 Å². The maximum Gasteiger partial charge on any atom is 0.0251 e. The molecule has 0 aromatic heterocycles. The molecule has 23 heavy (non-hydrogen) atoms. The van der Waals surface area contributed by atoms with Gasteiger partial charge in [-0.15, -0.1) is 0 Å². The van der Waals surface area contributed by atoms with E-state index >= 15 is 0 Å². The minimum atomic E-state index is 0.503. The minimum Gasteiger partial charge on any atom is -0.300 e. The van der Waals surface area contributed by atoms with E-state index in [-0.39, 0.29) is 0 Å². The van der Waals surface area contributed by atoms with Crippen molar-refractivity contribution in [2.24, 2.45) is 17.3 Å². The Morgan fingerprint density at radius 1 is 1.04 bits per heavy atom. The lowest BCUT2D eigenvalue weighted by atomic mass is 9.68. The van der Waals surface area contributed by atoms with Crippen LogP contribution in [0.3, 0.4) is 0 Å². The molecule has 2 aliphatic rings. The van der Waals surface area contributed by atoms with Gasteiger partial charge < -0.3 is 4.90 Å². The van der Waals surface area contributed by atoms with Crippen LogP contribution in [0.1, 0.15) is 73.1 Å². The summed E-state index contributed by atoms with van der Waals surface area (Å²) in [7, 11) is 0. The zero-order valence-electron chi connectivity index (χ0n) is 16.5. The number of nitrogens with zero attached hydrogens (tertiary/aromatic N) is 2. The third kappa shape index (κ3) is 5.46. The largest absolute Gasteiger partial charge is 0.300 e. The van der Waals surface area contributed by atoms with Crippen molar-refractivity contribution in [2.45, 2.75) is 79.2 Å². The van der Waals surface area contributed by atoms with Crippen LogP contribution in [0, 0.1) is 23.7 Å². The number of hydrogen-bond acceptors (Lipinski definition) is 2. The average molecular weight is 322 g/mol. The molecule has 1 heterocycles. The molecule has 0 aromatic rings. The molecule has 0 spiro atoms. The first-order valence-electron chi connectivity index (χ1n) is 10.2. The summed E-state index contributed by atoms with van der Waals surface area (Å²) < 4.78 is 0. The highest BCUT2D eigenvalue weighted by Crippen LogP contribution is 2.41. The van der Waals surface area contributed by atoms with Gasteiger partial charge in [0.2, 0.25) is 0 Å². The quantitative estimate of drug-likeness (QED) is 0.690. The van der Waals surface area contributed by atoms with Crippen LogP contribution >= 0.6 is 0 Å². The van der Waals surface area contributed by atoms with Crippen molar-refractivity contribution in [3.63, 3.8) is 0 Å². The van der Waals surface area contributed by atoms with Crippen LogP contribution < -0.4 is 0 Å². The monoisotopic (exact) mass is 321 g/mol. The van der Waals surface area contributed by atoms with Gasteiger partial charge in [-0.1, -0.05) is 41.0 Å². The summed E-state index contributed by atoms with van der Waals surface area (Å²) >= 11 is 0. The number of rotatable bonds is 6. The number of unbranched alkanes of at least 4 members (excludes halogenated alkanes) is 1. The van der Waals surface area contributed by atoms with Crippen LogP contribution in [0.4, 0.5) is 0 Å². The van der Waals surface area contributed by atoms with Gasteiger partial charge in [-0.3, -0.25) is 4.90 Å². The third-order valence-corrected chi connectivity index (χ3v) is 6.40. The highest BCUT2D eigenvalue weighted by molar-refractivity contribution is 4.91. The van der Waals surface area contributed by atoms with Gasteiger partial charge in [0.05, 0.1) is 0 Å². The standard InChI is InChI=1S/C21H41N2/c1-6-8-14-23-16-15-22(13-7-2)17-20(23)18-9-11-19(12-10-18)21(3,4)5/h7,18-20H,6,8-17H2,1-5H3. The lowest BCUT2D eigenvalue weighted by molar-refractivity contribution is 0.0195. The molecule has 135 valence electrons. The van der Waals surface area contributed by atoms with E-state index in [2.05, 4.69) is 50.8 Å². The zero-order chi connectivity index (χ0) is 16.9. The summed E-state index contributed by atoms with van der Waals surface area (Å²) in [6, 6.07) is 0.816. The Kier molecular flexibility index (Phi) is 7.41. The van der Waals surface area contributed by atoms with Gasteiger partial charge in [0, 0.05) is 32.2 Å². The van der Waals surface area contributed by atoms with E-state index in [0.29, 0.717) is 5.41 Å². The van der Waals surface area contributed by atoms with Gasteiger partial charge in [0.15, 0.2) is 0 Å². The Balaban J connectivity index is 1.94. The Morgan fingerprint density at radius 3 is 2.30 bits per heavy atom.